The number of piperazine rings is 1. The van der Waals surface area contributed by atoms with Gasteiger partial charge in [0.15, 0.2) is 0 Å². The van der Waals surface area contributed by atoms with E-state index in [4.69, 9.17) is 4.74 Å². The number of hydrogen-bond acceptors (Lipinski definition) is 5. The number of amides is 1. The lowest BCUT2D eigenvalue weighted by molar-refractivity contribution is 0.102. The van der Waals surface area contributed by atoms with E-state index < -0.39 is 0 Å². The molecular formula is C18H22N4O2. The molecule has 1 N–H and O–H groups in total. The maximum Gasteiger partial charge on any atom is 0.257 e. The number of anilines is 2. The van der Waals surface area contributed by atoms with Gasteiger partial charge < -0.3 is 19.9 Å². The predicted octanol–water partition coefficient (Wildman–Crippen LogP) is 2.09. The minimum absolute atomic E-state index is 0.192. The zero-order valence-electron chi connectivity index (χ0n) is 14.0. The van der Waals surface area contributed by atoms with Gasteiger partial charge in [-0.2, -0.15) is 0 Å². The number of aromatic nitrogens is 1. The van der Waals surface area contributed by atoms with Crippen molar-refractivity contribution in [3.8, 4) is 5.75 Å². The number of likely N-dealkylation sites (N-methyl/N-ethyl adjacent to an activating group) is 1. The number of rotatable bonds is 4. The number of ether oxygens (including phenoxy) is 1. The van der Waals surface area contributed by atoms with Crippen molar-refractivity contribution in [2.45, 2.75) is 0 Å². The molecule has 1 aliphatic heterocycles. The molecule has 0 unspecified atom stereocenters. The molecule has 0 radical (unpaired) electrons. The molecule has 126 valence electrons. The number of carbonyl (C=O) groups excluding carboxylic acids is 1. The van der Waals surface area contributed by atoms with Crippen LogP contribution in [-0.4, -0.2) is 56.1 Å². The van der Waals surface area contributed by atoms with Gasteiger partial charge in [-0.05, 0) is 25.2 Å². The minimum atomic E-state index is -0.192. The van der Waals surface area contributed by atoms with Crippen LogP contribution in [-0.2, 0) is 0 Å². The molecule has 3 rings (SSSR count). The molecule has 0 bridgehead atoms. The van der Waals surface area contributed by atoms with Crippen LogP contribution in [0.5, 0.6) is 5.75 Å². The second-order valence-electron chi connectivity index (χ2n) is 5.88. The van der Waals surface area contributed by atoms with Crippen molar-refractivity contribution in [1.29, 1.82) is 0 Å². The van der Waals surface area contributed by atoms with Gasteiger partial charge in [0, 0.05) is 32.4 Å². The third-order valence-corrected chi connectivity index (χ3v) is 4.21. The molecule has 1 fully saturated rings. The van der Waals surface area contributed by atoms with Crippen molar-refractivity contribution in [1.82, 2.24) is 9.88 Å². The van der Waals surface area contributed by atoms with E-state index in [2.05, 4.69) is 27.1 Å². The number of para-hydroxylation sites is 2. The summed E-state index contributed by atoms with van der Waals surface area (Å²) in [5, 5.41) is 2.88. The average Bonchev–Trinajstić information content (AvgIpc) is 2.63. The first kappa shape index (κ1) is 16.3. The van der Waals surface area contributed by atoms with E-state index in [1.807, 2.05) is 36.5 Å². The smallest absolute Gasteiger partial charge is 0.257 e. The lowest BCUT2D eigenvalue weighted by Gasteiger charge is -2.33. The van der Waals surface area contributed by atoms with E-state index in [-0.39, 0.29) is 5.91 Å². The molecule has 2 heterocycles. The van der Waals surface area contributed by atoms with E-state index in [0.717, 1.165) is 31.9 Å². The van der Waals surface area contributed by atoms with Crippen LogP contribution in [0.1, 0.15) is 10.4 Å². The van der Waals surface area contributed by atoms with Gasteiger partial charge in [0.1, 0.15) is 5.75 Å². The maximum atomic E-state index is 12.5. The fraction of sp³-hybridized carbons (Fsp3) is 0.333. The molecule has 1 aromatic carbocycles. The highest BCUT2D eigenvalue weighted by Gasteiger charge is 2.16. The Kier molecular flexibility index (Phi) is 4.96. The monoisotopic (exact) mass is 326 g/mol. The molecule has 1 aromatic heterocycles. The van der Waals surface area contributed by atoms with Gasteiger partial charge >= 0.3 is 0 Å². The fourth-order valence-corrected chi connectivity index (χ4v) is 2.73. The highest BCUT2D eigenvalue weighted by atomic mass is 16.5. The lowest BCUT2D eigenvalue weighted by atomic mass is 10.2. The molecule has 0 spiro atoms. The van der Waals surface area contributed by atoms with Crippen molar-refractivity contribution < 1.29 is 9.53 Å². The van der Waals surface area contributed by atoms with Gasteiger partial charge in [-0.3, -0.25) is 9.78 Å². The van der Waals surface area contributed by atoms with Crippen LogP contribution >= 0.6 is 0 Å². The summed E-state index contributed by atoms with van der Waals surface area (Å²) < 4.78 is 5.27. The van der Waals surface area contributed by atoms with Crippen LogP contribution in [0.3, 0.4) is 0 Å². The highest BCUT2D eigenvalue weighted by Crippen LogP contribution is 2.24. The molecule has 0 saturated carbocycles. The van der Waals surface area contributed by atoms with E-state index in [0.29, 0.717) is 17.0 Å². The largest absolute Gasteiger partial charge is 0.495 e. The van der Waals surface area contributed by atoms with Crippen molar-refractivity contribution in [3.63, 3.8) is 0 Å². The molecule has 6 heteroatoms. The summed E-state index contributed by atoms with van der Waals surface area (Å²) in [6.45, 7) is 3.90. The standard InChI is InChI=1S/C18H22N4O2/c1-21-7-9-22(10-8-21)15-11-14(12-19-13-15)18(23)20-16-5-3-4-6-17(16)24-2/h3-6,11-13H,7-10H2,1-2H3,(H,20,23). The molecule has 24 heavy (non-hydrogen) atoms. The number of methoxy groups -OCH3 is 1. The first-order valence-corrected chi connectivity index (χ1v) is 8.00. The van der Waals surface area contributed by atoms with Gasteiger partial charge in [-0.15, -0.1) is 0 Å². The zero-order valence-corrected chi connectivity index (χ0v) is 14.0. The molecule has 0 atom stereocenters. The lowest BCUT2D eigenvalue weighted by Crippen LogP contribution is -2.44. The van der Waals surface area contributed by atoms with Crippen LogP contribution in [0.4, 0.5) is 11.4 Å². The molecule has 1 amide bonds. The second-order valence-corrected chi connectivity index (χ2v) is 5.88. The third kappa shape index (κ3) is 3.65. The summed E-state index contributed by atoms with van der Waals surface area (Å²) in [5.41, 5.74) is 2.17. The topological polar surface area (TPSA) is 57.7 Å². The highest BCUT2D eigenvalue weighted by molar-refractivity contribution is 6.05. The second kappa shape index (κ2) is 7.31. The van der Waals surface area contributed by atoms with Gasteiger partial charge in [0.25, 0.3) is 5.91 Å². The van der Waals surface area contributed by atoms with Crippen LogP contribution in [0.25, 0.3) is 0 Å². The summed E-state index contributed by atoms with van der Waals surface area (Å²) in [5.74, 6) is 0.442. The fourth-order valence-electron chi connectivity index (χ4n) is 2.73. The minimum Gasteiger partial charge on any atom is -0.495 e. The summed E-state index contributed by atoms with van der Waals surface area (Å²) in [7, 11) is 3.70. The Balaban J connectivity index is 1.75. The Labute approximate surface area is 142 Å². The van der Waals surface area contributed by atoms with Crippen molar-refractivity contribution >= 4 is 17.3 Å². The third-order valence-electron chi connectivity index (χ3n) is 4.21. The SMILES string of the molecule is COc1ccccc1NC(=O)c1cncc(N2CCN(C)CC2)c1. The summed E-state index contributed by atoms with van der Waals surface area (Å²) >= 11 is 0. The van der Waals surface area contributed by atoms with Crippen LogP contribution in [0.15, 0.2) is 42.7 Å². The number of carbonyl (C=O) groups is 1. The number of pyridine rings is 1. The number of nitrogens with zero attached hydrogens (tertiary/aromatic N) is 3. The van der Waals surface area contributed by atoms with Crippen LogP contribution < -0.4 is 15.0 Å². The Morgan fingerprint density at radius 1 is 1.17 bits per heavy atom. The number of nitrogens with one attached hydrogen (secondary N) is 1. The normalized spacial score (nSPS) is 15.2. The first-order valence-electron chi connectivity index (χ1n) is 8.00. The van der Waals surface area contributed by atoms with Gasteiger partial charge in [0.05, 0.1) is 30.2 Å². The van der Waals surface area contributed by atoms with E-state index >= 15 is 0 Å². The van der Waals surface area contributed by atoms with Crippen LogP contribution in [0, 0.1) is 0 Å². The first-order chi connectivity index (χ1) is 11.7. The Bertz CT molecular complexity index is 712. The molecule has 2 aromatic rings. The summed E-state index contributed by atoms with van der Waals surface area (Å²) in [6.07, 6.45) is 3.40. The number of hydrogen-bond donors (Lipinski definition) is 1. The van der Waals surface area contributed by atoms with Gasteiger partial charge in [-0.1, -0.05) is 12.1 Å². The van der Waals surface area contributed by atoms with Crippen LogP contribution in [0.2, 0.25) is 0 Å². The quantitative estimate of drug-likeness (QED) is 0.932. The van der Waals surface area contributed by atoms with E-state index in [9.17, 15) is 4.79 Å². The number of benzene rings is 1. The Morgan fingerprint density at radius 2 is 1.92 bits per heavy atom. The van der Waals surface area contributed by atoms with E-state index in [1.165, 1.54) is 0 Å². The predicted molar refractivity (Wildman–Crippen MR) is 94.9 cm³/mol. The molecule has 1 aliphatic rings. The molecule has 0 aliphatic carbocycles. The zero-order chi connectivity index (χ0) is 16.9. The molecule has 1 saturated heterocycles. The van der Waals surface area contributed by atoms with Gasteiger partial charge in [-0.25, -0.2) is 0 Å². The summed E-state index contributed by atoms with van der Waals surface area (Å²) in [6, 6.07) is 9.24. The molecular weight excluding hydrogens is 304 g/mol. The Morgan fingerprint density at radius 3 is 2.67 bits per heavy atom. The van der Waals surface area contributed by atoms with Crippen molar-refractivity contribution in [3.05, 3.63) is 48.3 Å². The van der Waals surface area contributed by atoms with Crippen molar-refractivity contribution in [2.75, 3.05) is 50.6 Å². The Hall–Kier alpha value is -2.60. The van der Waals surface area contributed by atoms with E-state index in [1.54, 1.807) is 13.3 Å². The van der Waals surface area contributed by atoms with Gasteiger partial charge in [0.2, 0.25) is 0 Å². The average molecular weight is 326 g/mol. The maximum absolute atomic E-state index is 12.5. The summed E-state index contributed by atoms with van der Waals surface area (Å²) in [4.78, 5) is 21.3. The van der Waals surface area contributed by atoms with Crippen molar-refractivity contribution in [2.24, 2.45) is 0 Å². The molecule has 6 nitrogen and oxygen atoms in total.